The van der Waals surface area contributed by atoms with Gasteiger partial charge in [0.15, 0.2) is 0 Å². The van der Waals surface area contributed by atoms with E-state index in [4.69, 9.17) is 4.74 Å². The number of hydrogen-bond acceptors (Lipinski definition) is 4. The lowest BCUT2D eigenvalue weighted by Crippen LogP contribution is -2.30. The van der Waals surface area contributed by atoms with Crippen LogP contribution in [-0.2, 0) is 9.53 Å². The van der Waals surface area contributed by atoms with E-state index < -0.39 is 23.6 Å². The van der Waals surface area contributed by atoms with E-state index in [1.807, 2.05) is 20.8 Å². The molecule has 6 heteroatoms. The Labute approximate surface area is 128 Å². The van der Waals surface area contributed by atoms with Crippen LogP contribution in [0.25, 0.3) is 0 Å². The van der Waals surface area contributed by atoms with Crippen molar-refractivity contribution < 1.29 is 14.6 Å². The maximum absolute atomic E-state index is 11.9. The molecule has 0 aliphatic carbocycles. The third kappa shape index (κ3) is 4.33. The molecule has 0 bridgehead atoms. The first-order chi connectivity index (χ1) is 8.11. The third-order valence-corrected chi connectivity index (χ3v) is 5.53. The van der Waals surface area contributed by atoms with Gasteiger partial charge in [0.25, 0.3) is 0 Å². The summed E-state index contributed by atoms with van der Waals surface area (Å²) in [6.45, 7) is 7.09. The van der Waals surface area contributed by atoms with Crippen LogP contribution in [0.15, 0.2) is 14.3 Å². The summed E-state index contributed by atoms with van der Waals surface area (Å²) in [7, 11) is 0. The summed E-state index contributed by atoms with van der Waals surface area (Å²) in [5, 5.41) is 10.2. The summed E-state index contributed by atoms with van der Waals surface area (Å²) in [6.07, 6.45) is -0.854. The van der Waals surface area contributed by atoms with Gasteiger partial charge in [0.2, 0.25) is 0 Å². The van der Waals surface area contributed by atoms with Gasteiger partial charge in [-0.2, -0.15) is 0 Å². The largest absolute Gasteiger partial charge is 0.460 e. The molecule has 0 fully saturated rings. The fraction of sp³-hybridized carbons (Fsp3) is 0.583. The number of aliphatic hydroxyl groups excluding tert-OH is 1. The Morgan fingerprint density at radius 2 is 2.00 bits per heavy atom. The number of carbonyl (C=O) groups is 1. The fourth-order valence-electron chi connectivity index (χ4n) is 1.28. The van der Waals surface area contributed by atoms with E-state index in [0.29, 0.717) is 0 Å². The van der Waals surface area contributed by atoms with Crippen molar-refractivity contribution >= 4 is 49.2 Å². The fourth-order valence-corrected chi connectivity index (χ4v) is 3.46. The zero-order valence-electron chi connectivity index (χ0n) is 10.7. The summed E-state index contributed by atoms with van der Waals surface area (Å²) in [5.74, 6) is -0.989. The van der Waals surface area contributed by atoms with Crippen molar-refractivity contribution in [3.8, 4) is 0 Å². The number of aliphatic hydroxyl groups is 1. The van der Waals surface area contributed by atoms with Gasteiger partial charge in [-0.25, -0.2) is 0 Å². The molecule has 1 N–H and O–H groups in total. The molecule has 2 unspecified atom stereocenters. The van der Waals surface area contributed by atoms with Crippen molar-refractivity contribution in [1.29, 1.82) is 0 Å². The van der Waals surface area contributed by atoms with E-state index >= 15 is 0 Å². The smallest absolute Gasteiger partial charge is 0.312 e. The number of ether oxygens (including phenoxy) is 1. The SMILES string of the molecule is CC(C(=O)OC(C)(C)C)C(O)c1cc(Br)c(Br)s1. The Morgan fingerprint density at radius 3 is 2.39 bits per heavy atom. The van der Waals surface area contributed by atoms with E-state index in [9.17, 15) is 9.90 Å². The predicted octanol–water partition coefficient (Wildman–Crippen LogP) is 4.28. The van der Waals surface area contributed by atoms with Crippen LogP contribution in [-0.4, -0.2) is 16.7 Å². The number of halogens is 2. The van der Waals surface area contributed by atoms with Crippen LogP contribution >= 0.6 is 43.2 Å². The number of hydrogen-bond donors (Lipinski definition) is 1. The quantitative estimate of drug-likeness (QED) is 0.771. The summed E-state index contributed by atoms with van der Waals surface area (Å²) in [4.78, 5) is 12.6. The van der Waals surface area contributed by atoms with Crippen LogP contribution in [0.3, 0.4) is 0 Å². The molecule has 2 atom stereocenters. The van der Waals surface area contributed by atoms with Crippen molar-refractivity contribution in [2.75, 3.05) is 0 Å². The molecule has 0 saturated heterocycles. The van der Waals surface area contributed by atoms with Crippen LogP contribution in [0, 0.1) is 5.92 Å². The minimum absolute atomic E-state index is 0.393. The average molecular weight is 400 g/mol. The van der Waals surface area contributed by atoms with Crippen molar-refractivity contribution in [3.05, 3.63) is 19.2 Å². The van der Waals surface area contributed by atoms with Gasteiger partial charge in [-0.15, -0.1) is 11.3 Å². The molecular formula is C12H16Br2O3S. The number of esters is 1. The Hall–Kier alpha value is 0.0900. The van der Waals surface area contributed by atoms with Gasteiger partial charge < -0.3 is 9.84 Å². The van der Waals surface area contributed by atoms with Crippen molar-refractivity contribution in [3.63, 3.8) is 0 Å². The van der Waals surface area contributed by atoms with Crippen LogP contribution in [0.5, 0.6) is 0 Å². The van der Waals surface area contributed by atoms with E-state index in [1.165, 1.54) is 11.3 Å². The standard InChI is InChI=1S/C12H16Br2O3S/c1-6(11(16)17-12(2,3)4)9(15)8-5-7(13)10(14)18-8/h5-6,9,15H,1-4H3. The molecular weight excluding hydrogens is 384 g/mol. The molecule has 1 heterocycles. The minimum atomic E-state index is -0.854. The molecule has 3 nitrogen and oxygen atoms in total. The molecule has 0 radical (unpaired) electrons. The number of carbonyl (C=O) groups excluding carboxylic acids is 1. The second-order valence-electron chi connectivity index (χ2n) is 5.04. The topological polar surface area (TPSA) is 46.5 Å². The zero-order valence-corrected chi connectivity index (χ0v) is 14.6. The van der Waals surface area contributed by atoms with E-state index in [-0.39, 0.29) is 0 Å². The highest BCUT2D eigenvalue weighted by atomic mass is 79.9. The van der Waals surface area contributed by atoms with Gasteiger partial charge in [-0.1, -0.05) is 0 Å². The minimum Gasteiger partial charge on any atom is -0.460 e. The second-order valence-corrected chi connectivity index (χ2v) is 8.29. The molecule has 0 aliphatic heterocycles. The van der Waals surface area contributed by atoms with Gasteiger partial charge in [0.05, 0.1) is 9.70 Å². The van der Waals surface area contributed by atoms with Crippen LogP contribution < -0.4 is 0 Å². The van der Waals surface area contributed by atoms with Crippen LogP contribution in [0.4, 0.5) is 0 Å². The molecule has 0 saturated carbocycles. The molecule has 18 heavy (non-hydrogen) atoms. The maximum Gasteiger partial charge on any atom is 0.312 e. The number of thiophene rings is 1. The highest BCUT2D eigenvalue weighted by molar-refractivity contribution is 9.13. The lowest BCUT2D eigenvalue weighted by Gasteiger charge is -2.24. The molecule has 0 amide bonds. The number of rotatable bonds is 3. The van der Waals surface area contributed by atoms with Gasteiger partial charge in [0, 0.05) is 9.35 Å². The predicted molar refractivity (Wildman–Crippen MR) is 79.7 cm³/mol. The first-order valence-electron chi connectivity index (χ1n) is 5.47. The van der Waals surface area contributed by atoms with Crippen molar-refractivity contribution in [2.24, 2.45) is 5.92 Å². The summed E-state index contributed by atoms with van der Waals surface area (Å²) >= 11 is 8.12. The third-order valence-electron chi connectivity index (χ3n) is 2.21. The molecule has 102 valence electrons. The van der Waals surface area contributed by atoms with Gasteiger partial charge in [-0.3, -0.25) is 4.79 Å². The van der Waals surface area contributed by atoms with E-state index in [0.717, 1.165) is 13.1 Å². The Kier molecular flexibility index (Phi) is 5.41. The molecule has 0 aliphatic rings. The van der Waals surface area contributed by atoms with Gasteiger partial charge in [0.1, 0.15) is 11.7 Å². The van der Waals surface area contributed by atoms with Gasteiger partial charge >= 0.3 is 5.97 Å². The normalized spacial score (nSPS) is 15.3. The Balaban J connectivity index is 2.77. The second kappa shape index (κ2) is 6.03. The van der Waals surface area contributed by atoms with Crippen LogP contribution in [0.1, 0.15) is 38.7 Å². The first-order valence-corrected chi connectivity index (χ1v) is 7.87. The first kappa shape index (κ1) is 16.1. The highest BCUT2D eigenvalue weighted by Crippen LogP contribution is 2.38. The maximum atomic E-state index is 11.9. The summed E-state index contributed by atoms with van der Waals surface area (Å²) < 4.78 is 7.03. The lowest BCUT2D eigenvalue weighted by molar-refractivity contribution is -0.163. The Morgan fingerprint density at radius 1 is 1.44 bits per heavy atom. The van der Waals surface area contributed by atoms with Gasteiger partial charge in [-0.05, 0) is 65.6 Å². The molecule has 0 aromatic carbocycles. The molecule has 0 spiro atoms. The monoisotopic (exact) mass is 398 g/mol. The average Bonchev–Trinajstić information content (AvgIpc) is 2.54. The van der Waals surface area contributed by atoms with E-state index in [2.05, 4.69) is 31.9 Å². The lowest BCUT2D eigenvalue weighted by atomic mass is 10.0. The van der Waals surface area contributed by atoms with Crippen molar-refractivity contribution in [1.82, 2.24) is 0 Å². The van der Waals surface area contributed by atoms with Crippen LogP contribution in [0.2, 0.25) is 0 Å². The summed E-state index contributed by atoms with van der Waals surface area (Å²) in [5.41, 5.74) is -0.540. The van der Waals surface area contributed by atoms with E-state index in [1.54, 1.807) is 13.0 Å². The molecule has 1 rings (SSSR count). The summed E-state index contributed by atoms with van der Waals surface area (Å²) in [6, 6.07) is 1.81. The Bertz CT molecular complexity index is 418. The molecule has 1 aromatic rings. The highest BCUT2D eigenvalue weighted by Gasteiger charge is 2.29. The molecule has 1 aromatic heterocycles. The zero-order chi connectivity index (χ0) is 14.1. The van der Waals surface area contributed by atoms with Crippen molar-refractivity contribution in [2.45, 2.75) is 39.4 Å².